The molecular formula is C56H50ClN4O3+. The van der Waals surface area contributed by atoms with Gasteiger partial charge in [0.1, 0.15) is 29.2 Å². The molecule has 3 aliphatic heterocycles. The van der Waals surface area contributed by atoms with E-state index in [2.05, 4.69) is 79.4 Å². The molecule has 0 spiro atoms. The Morgan fingerprint density at radius 3 is 1.97 bits per heavy atom. The fourth-order valence-electron chi connectivity index (χ4n) is 10.3. The van der Waals surface area contributed by atoms with E-state index in [1.54, 1.807) is 14.2 Å². The lowest BCUT2D eigenvalue weighted by molar-refractivity contribution is -0.984. The SMILES string of the molecule is C=C[C@H]1C[N@+]2(Cc3cc(-c4ccc(OC)cc4)cc(-c4ccc(OC)cc4)c3)CC[C@H]1C[C@@H]2[C@@H](Oc1nc(-c2ccccc2)nc(Cl)c1-c1ccccc1)c1ccnc2ccccc12. The molecule has 6 aromatic carbocycles. The van der Waals surface area contributed by atoms with Gasteiger partial charge in [-0.15, -0.1) is 6.58 Å². The third kappa shape index (κ3) is 8.02. The standard InChI is InChI=1S/C56H50ClN4O3/c1-4-38-36-61(35-37-31-44(39-19-23-46(62-2)24-20-39)33-45(32-37)40-21-25-47(63-3)26-22-40)30-28-43(38)34-51(61)53(49-27-29-58-50-18-12-11-17-48(49)50)64-56-52(41-13-7-5-8-14-41)54(57)59-55(60-56)42-15-9-6-10-16-42/h4-27,29,31-33,38,43,51,53H,1,28,30,34-36H2,2-3H3/q+1/t38-,43-,51+,53-,61+/m0/s1. The van der Waals surface area contributed by atoms with Crippen LogP contribution in [0.3, 0.4) is 0 Å². The number of piperidine rings is 3. The molecule has 3 fully saturated rings. The van der Waals surface area contributed by atoms with E-state index in [-0.39, 0.29) is 6.04 Å². The van der Waals surface area contributed by atoms with Crippen molar-refractivity contribution in [3.63, 3.8) is 0 Å². The summed E-state index contributed by atoms with van der Waals surface area (Å²) in [7, 11) is 3.41. The number of aromatic nitrogens is 3. The Morgan fingerprint density at radius 1 is 0.703 bits per heavy atom. The molecule has 3 aliphatic rings. The van der Waals surface area contributed by atoms with Crippen LogP contribution in [0, 0.1) is 11.8 Å². The number of pyridine rings is 1. The van der Waals surface area contributed by atoms with Crippen molar-refractivity contribution in [1.29, 1.82) is 0 Å². The van der Waals surface area contributed by atoms with E-state index in [1.807, 2.05) is 97.2 Å². The van der Waals surface area contributed by atoms with Crippen LogP contribution in [0.5, 0.6) is 17.4 Å². The third-order valence-electron chi connectivity index (χ3n) is 13.5. The van der Waals surface area contributed by atoms with Gasteiger partial charge in [0, 0.05) is 47.0 Å². The van der Waals surface area contributed by atoms with Crippen molar-refractivity contribution in [2.45, 2.75) is 31.5 Å². The monoisotopic (exact) mass is 861 g/mol. The molecule has 8 heteroatoms. The summed E-state index contributed by atoms with van der Waals surface area (Å²) in [6, 6.07) is 54.4. The predicted octanol–water partition coefficient (Wildman–Crippen LogP) is 13.1. The fourth-order valence-corrected chi connectivity index (χ4v) is 10.6. The van der Waals surface area contributed by atoms with E-state index in [0.717, 1.165) is 98.3 Å². The number of nitrogens with zero attached hydrogens (tertiary/aromatic N) is 4. The summed E-state index contributed by atoms with van der Waals surface area (Å²) in [5, 5.41) is 1.40. The Bertz CT molecular complexity index is 2860. The smallest absolute Gasteiger partial charge is 0.227 e. The molecule has 0 N–H and O–H groups in total. The van der Waals surface area contributed by atoms with E-state index in [4.69, 9.17) is 40.8 Å². The van der Waals surface area contributed by atoms with Crippen molar-refractivity contribution in [2.75, 3.05) is 27.3 Å². The zero-order valence-electron chi connectivity index (χ0n) is 36.1. The van der Waals surface area contributed by atoms with Crippen molar-refractivity contribution >= 4 is 22.5 Å². The summed E-state index contributed by atoms with van der Waals surface area (Å²) in [5.41, 5.74) is 10.2. The maximum absolute atomic E-state index is 7.66. The van der Waals surface area contributed by atoms with Gasteiger partial charge in [-0.05, 0) is 88.3 Å². The Hall–Kier alpha value is -6.80. The second-order valence-corrected chi connectivity index (χ2v) is 17.5. The van der Waals surface area contributed by atoms with Crippen LogP contribution in [0.2, 0.25) is 5.15 Å². The zero-order chi connectivity index (χ0) is 43.6. The molecule has 0 unspecified atom stereocenters. The van der Waals surface area contributed by atoms with Crippen molar-refractivity contribution in [1.82, 2.24) is 15.0 Å². The number of hydrogen-bond acceptors (Lipinski definition) is 6. The predicted molar refractivity (Wildman–Crippen MR) is 257 cm³/mol. The number of hydrogen-bond donors (Lipinski definition) is 0. The quantitative estimate of drug-likeness (QED) is 0.0653. The maximum Gasteiger partial charge on any atom is 0.227 e. The van der Waals surface area contributed by atoms with Crippen molar-refractivity contribution < 1.29 is 18.7 Å². The van der Waals surface area contributed by atoms with Crippen LogP contribution in [0.4, 0.5) is 0 Å². The first-order chi connectivity index (χ1) is 31.4. The van der Waals surface area contributed by atoms with Crippen LogP contribution >= 0.6 is 11.6 Å². The molecule has 8 aromatic rings. The number of fused-ring (bicyclic) bond motifs is 4. The normalized spacial score (nSPS) is 19.5. The van der Waals surface area contributed by atoms with Crippen LogP contribution in [0.25, 0.3) is 55.7 Å². The van der Waals surface area contributed by atoms with Crippen LogP contribution < -0.4 is 14.2 Å². The highest BCUT2D eigenvalue weighted by atomic mass is 35.5. The average molecular weight is 862 g/mol. The summed E-state index contributed by atoms with van der Waals surface area (Å²) in [5.74, 6) is 3.46. The van der Waals surface area contributed by atoms with Crippen LogP contribution in [-0.2, 0) is 6.54 Å². The molecule has 7 nitrogen and oxygen atoms in total. The summed E-state index contributed by atoms with van der Waals surface area (Å²) in [6.07, 6.45) is 5.75. The Morgan fingerprint density at radius 2 is 1.33 bits per heavy atom. The lowest BCUT2D eigenvalue weighted by atomic mass is 9.71. The van der Waals surface area contributed by atoms with Gasteiger partial charge in [0.2, 0.25) is 5.88 Å². The molecule has 11 rings (SSSR count). The molecule has 0 saturated carbocycles. The zero-order valence-corrected chi connectivity index (χ0v) is 36.9. The molecule has 2 aromatic heterocycles. The minimum absolute atomic E-state index is 0.0346. The third-order valence-corrected chi connectivity index (χ3v) is 13.8. The molecule has 0 radical (unpaired) electrons. The lowest BCUT2D eigenvalue weighted by Gasteiger charge is -2.58. The summed E-state index contributed by atoms with van der Waals surface area (Å²) < 4.78 is 19.6. The summed E-state index contributed by atoms with van der Waals surface area (Å²) in [4.78, 5) is 15.0. The van der Waals surface area contributed by atoms with Gasteiger partial charge in [-0.2, -0.15) is 4.98 Å². The van der Waals surface area contributed by atoms with Crippen molar-refractivity contribution in [2.24, 2.45) is 11.8 Å². The van der Waals surface area contributed by atoms with Gasteiger partial charge in [0.25, 0.3) is 0 Å². The van der Waals surface area contributed by atoms with Crippen LogP contribution in [-0.4, -0.2) is 52.8 Å². The van der Waals surface area contributed by atoms with E-state index in [1.165, 1.54) is 5.56 Å². The number of benzene rings is 6. The van der Waals surface area contributed by atoms with E-state index in [0.29, 0.717) is 34.3 Å². The van der Waals surface area contributed by atoms with Gasteiger partial charge in [0.15, 0.2) is 11.9 Å². The van der Waals surface area contributed by atoms with Gasteiger partial charge in [-0.3, -0.25) is 4.98 Å². The van der Waals surface area contributed by atoms with Crippen LogP contribution in [0.1, 0.15) is 30.1 Å². The Kier molecular flexibility index (Phi) is 11.4. The average Bonchev–Trinajstić information content (AvgIpc) is 3.35. The van der Waals surface area contributed by atoms with E-state index >= 15 is 0 Å². The first kappa shape index (κ1) is 41.2. The van der Waals surface area contributed by atoms with E-state index in [9.17, 15) is 0 Å². The largest absolute Gasteiger partial charge is 0.497 e. The lowest BCUT2D eigenvalue weighted by Crippen LogP contribution is -2.68. The Balaban J connectivity index is 1.15. The van der Waals surface area contributed by atoms with Crippen molar-refractivity contribution in [3.05, 3.63) is 193 Å². The molecule has 0 amide bonds. The molecular weight excluding hydrogens is 812 g/mol. The molecule has 318 valence electrons. The highest BCUT2D eigenvalue weighted by Gasteiger charge is 2.55. The van der Waals surface area contributed by atoms with Crippen molar-refractivity contribution in [3.8, 4) is 62.1 Å². The number of ether oxygens (including phenoxy) is 3. The fraction of sp³-hybridized carbons (Fsp3) is 0.196. The second kappa shape index (κ2) is 17.8. The highest BCUT2D eigenvalue weighted by Crippen LogP contribution is 2.50. The van der Waals surface area contributed by atoms with Gasteiger partial charge >= 0.3 is 0 Å². The van der Waals surface area contributed by atoms with Gasteiger partial charge in [-0.1, -0.05) is 121 Å². The minimum Gasteiger partial charge on any atom is -0.497 e. The molecule has 5 heterocycles. The number of quaternary nitrogens is 1. The topological polar surface area (TPSA) is 66.4 Å². The van der Waals surface area contributed by atoms with E-state index < -0.39 is 6.10 Å². The van der Waals surface area contributed by atoms with Crippen LogP contribution in [0.15, 0.2) is 177 Å². The number of methoxy groups -OCH3 is 2. The molecule has 5 atom stereocenters. The first-order valence-electron chi connectivity index (χ1n) is 22.0. The molecule has 2 bridgehead atoms. The second-order valence-electron chi connectivity index (χ2n) is 17.1. The number of para-hydroxylation sites is 1. The Labute approximate surface area is 380 Å². The minimum atomic E-state index is -0.427. The summed E-state index contributed by atoms with van der Waals surface area (Å²) in [6.45, 7) is 7.14. The number of halogens is 1. The first-order valence-corrected chi connectivity index (χ1v) is 22.4. The van der Waals surface area contributed by atoms with Gasteiger partial charge in [-0.25, -0.2) is 4.98 Å². The highest BCUT2D eigenvalue weighted by molar-refractivity contribution is 6.32. The molecule has 64 heavy (non-hydrogen) atoms. The molecule has 3 saturated heterocycles. The number of rotatable bonds is 13. The molecule has 0 aliphatic carbocycles. The van der Waals surface area contributed by atoms with Gasteiger partial charge in [0.05, 0.1) is 38.4 Å². The maximum atomic E-state index is 7.66. The summed E-state index contributed by atoms with van der Waals surface area (Å²) >= 11 is 7.26. The van der Waals surface area contributed by atoms with Gasteiger partial charge < -0.3 is 18.7 Å².